The Kier molecular flexibility index (Phi) is 5.97. The summed E-state index contributed by atoms with van der Waals surface area (Å²) in [5.41, 5.74) is 1.54. The van der Waals surface area contributed by atoms with Crippen molar-refractivity contribution in [2.75, 3.05) is 19.5 Å². The maximum absolute atomic E-state index is 12.5. The van der Waals surface area contributed by atoms with Gasteiger partial charge in [0.2, 0.25) is 5.91 Å². The van der Waals surface area contributed by atoms with E-state index in [0.717, 1.165) is 11.4 Å². The second-order valence-corrected chi connectivity index (χ2v) is 6.97. The van der Waals surface area contributed by atoms with E-state index in [1.54, 1.807) is 26.6 Å². The number of rotatable bonds is 7. The summed E-state index contributed by atoms with van der Waals surface area (Å²) < 4.78 is 12.3. The van der Waals surface area contributed by atoms with E-state index in [9.17, 15) is 4.79 Å². The number of amides is 1. The number of ether oxygens (including phenoxy) is 2. The Morgan fingerprint density at radius 2 is 1.81 bits per heavy atom. The maximum Gasteiger partial charge on any atom is 0.237 e. The summed E-state index contributed by atoms with van der Waals surface area (Å²) >= 11 is 1.33. The second kappa shape index (κ2) is 8.59. The van der Waals surface area contributed by atoms with Crippen LogP contribution in [0.25, 0.3) is 5.69 Å². The molecule has 1 aromatic heterocycles. The molecule has 0 fully saturated rings. The number of carbonyl (C=O) groups is 1. The van der Waals surface area contributed by atoms with Gasteiger partial charge < -0.3 is 14.8 Å². The molecule has 3 rings (SSSR count). The predicted octanol–water partition coefficient (Wildman–Crippen LogP) is 3.40. The number of hydrogen-bond acceptors (Lipinski definition) is 6. The summed E-state index contributed by atoms with van der Waals surface area (Å²) in [7, 11) is 3.21. The molecular weight excluding hydrogens is 364 g/mol. The van der Waals surface area contributed by atoms with Gasteiger partial charge in [-0.1, -0.05) is 23.9 Å². The van der Waals surface area contributed by atoms with Crippen molar-refractivity contribution in [3.63, 3.8) is 0 Å². The highest BCUT2D eigenvalue weighted by molar-refractivity contribution is 8.00. The van der Waals surface area contributed by atoms with Crippen LogP contribution >= 0.6 is 11.8 Å². The zero-order valence-corrected chi connectivity index (χ0v) is 16.1. The molecule has 0 aliphatic heterocycles. The number of benzene rings is 2. The fourth-order valence-electron chi connectivity index (χ4n) is 2.40. The Hall–Kier alpha value is -3.00. The van der Waals surface area contributed by atoms with E-state index < -0.39 is 0 Å². The lowest BCUT2D eigenvalue weighted by Gasteiger charge is -2.13. The van der Waals surface area contributed by atoms with Crippen LogP contribution in [-0.2, 0) is 4.79 Å². The SMILES string of the molecule is COc1cccc(NC(=O)C(C)Sc2nncn2-c2cccc(OC)c2)c1. The molecule has 7 nitrogen and oxygen atoms in total. The van der Waals surface area contributed by atoms with Crippen molar-refractivity contribution in [1.82, 2.24) is 14.8 Å². The highest BCUT2D eigenvalue weighted by Gasteiger charge is 2.19. The summed E-state index contributed by atoms with van der Waals surface area (Å²) in [5.74, 6) is 1.29. The van der Waals surface area contributed by atoms with Gasteiger partial charge in [0.15, 0.2) is 5.16 Å². The van der Waals surface area contributed by atoms with Crippen LogP contribution in [0.4, 0.5) is 5.69 Å². The smallest absolute Gasteiger partial charge is 0.237 e. The molecule has 3 aromatic rings. The molecule has 0 aliphatic carbocycles. The number of nitrogens with one attached hydrogen (secondary N) is 1. The molecule has 1 unspecified atom stereocenters. The van der Waals surface area contributed by atoms with Crippen LogP contribution in [0.15, 0.2) is 60.0 Å². The first kappa shape index (κ1) is 18.8. The molecule has 1 amide bonds. The lowest BCUT2D eigenvalue weighted by atomic mass is 10.3. The van der Waals surface area contributed by atoms with Crippen LogP contribution in [0.1, 0.15) is 6.92 Å². The van der Waals surface area contributed by atoms with Crippen molar-refractivity contribution in [3.05, 3.63) is 54.9 Å². The number of anilines is 1. The largest absolute Gasteiger partial charge is 0.497 e. The zero-order chi connectivity index (χ0) is 19.2. The highest BCUT2D eigenvalue weighted by Crippen LogP contribution is 2.26. The maximum atomic E-state index is 12.5. The minimum absolute atomic E-state index is 0.131. The Balaban J connectivity index is 1.71. The van der Waals surface area contributed by atoms with Crippen LogP contribution < -0.4 is 14.8 Å². The van der Waals surface area contributed by atoms with Crippen LogP contribution in [-0.4, -0.2) is 40.1 Å². The first-order valence-electron chi connectivity index (χ1n) is 8.26. The quantitative estimate of drug-likeness (QED) is 0.629. The van der Waals surface area contributed by atoms with Crippen LogP contribution in [0.2, 0.25) is 0 Å². The molecule has 1 N–H and O–H groups in total. The molecular formula is C19H20N4O3S. The monoisotopic (exact) mass is 384 g/mol. The lowest BCUT2D eigenvalue weighted by molar-refractivity contribution is -0.115. The molecule has 8 heteroatoms. The van der Waals surface area contributed by atoms with Gasteiger partial charge in [0.05, 0.1) is 25.2 Å². The Morgan fingerprint density at radius 1 is 1.11 bits per heavy atom. The van der Waals surface area contributed by atoms with Crippen molar-refractivity contribution >= 4 is 23.4 Å². The fourth-order valence-corrected chi connectivity index (χ4v) is 3.24. The zero-order valence-electron chi connectivity index (χ0n) is 15.2. The van der Waals surface area contributed by atoms with E-state index in [-0.39, 0.29) is 11.2 Å². The summed E-state index contributed by atoms with van der Waals surface area (Å²) in [6.07, 6.45) is 1.61. The topological polar surface area (TPSA) is 78.3 Å². The van der Waals surface area contributed by atoms with Crippen molar-refractivity contribution in [1.29, 1.82) is 0 Å². The van der Waals surface area contributed by atoms with Crippen LogP contribution in [0.5, 0.6) is 11.5 Å². The van der Waals surface area contributed by atoms with E-state index in [1.165, 1.54) is 11.8 Å². The molecule has 1 atom stereocenters. The van der Waals surface area contributed by atoms with Gasteiger partial charge in [-0.15, -0.1) is 10.2 Å². The average Bonchev–Trinajstić information content (AvgIpc) is 3.16. The van der Waals surface area contributed by atoms with Crippen molar-refractivity contribution in [2.45, 2.75) is 17.3 Å². The average molecular weight is 384 g/mol. The van der Waals surface area contributed by atoms with Gasteiger partial charge in [0, 0.05) is 17.8 Å². The van der Waals surface area contributed by atoms with Gasteiger partial charge in [0.25, 0.3) is 0 Å². The van der Waals surface area contributed by atoms with Gasteiger partial charge in [-0.05, 0) is 31.2 Å². The second-order valence-electron chi connectivity index (χ2n) is 5.67. The number of thioether (sulfide) groups is 1. The van der Waals surface area contributed by atoms with E-state index >= 15 is 0 Å². The van der Waals surface area contributed by atoms with Crippen LogP contribution in [0, 0.1) is 0 Å². The molecule has 0 spiro atoms. The van der Waals surface area contributed by atoms with E-state index in [1.807, 2.05) is 54.0 Å². The molecule has 0 saturated heterocycles. The minimum Gasteiger partial charge on any atom is -0.497 e. The molecule has 27 heavy (non-hydrogen) atoms. The molecule has 140 valence electrons. The van der Waals surface area contributed by atoms with Gasteiger partial charge in [-0.2, -0.15) is 0 Å². The predicted molar refractivity (Wildman–Crippen MR) is 105 cm³/mol. The van der Waals surface area contributed by atoms with Crippen molar-refractivity contribution in [3.8, 4) is 17.2 Å². The molecule has 0 saturated carbocycles. The first-order valence-corrected chi connectivity index (χ1v) is 9.14. The highest BCUT2D eigenvalue weighted by atomic mass is 32.2. The molecule has 0 bridgehead atoms. The van der Waals surface area contributed by atoms with Gasteiger partial charge in [-0.3, -0.25) is 9.36 Å². The number of aromatic nitrogens is 3. The minimum atomic E-state index is -0.371. The Labute approximate surface area is 161 Å². The third kappa shape index (κ3) is 4.59. The number of carbonyl (C=O) groups excluding carboxylic acids is 1. The normalized spacial score (nSPS) is 11.7. The summed E-state index contributed by atoms with van der Waals surface area (Å²) in [6, 6.07) is 14.8. The van der Waals surface area contributed by atoms with Gasteiger partial charge in [-0.25, -0.2) is 0 Å². The van der Waals surface area contributed by atoms with Gasteiger partial charge in [0.1, 0.15) is 17.8 Å². The third-order valence-corrected chi connectivity index (χ3v) is 4.89. The number of nitrogens with zero attached hydrogens (tertiary/aromatic N) is 3. The summed E-state index contributed by atoms with van der Waals surface area (Å²) in [4.78, 5) is 12.5. The van der Waals surface area contributed by atoms with Gasteiger partial charge >= 0.3 is 0 Å². The van der Waals surface area contributed by atoms with E-state index in [4.69, 9.17) is 9.47 Å². The molecule has 2 aromatic carbocycles. The lowest BCUT2D eigenvalue weighted by Crippen LogP contribution is -2.22. The summed E-state index contributed by atoms with van der Waals surface area (Å²) in [6.45, 7) is 1.82. The van der Waals surface area contributed by atoms with Crippen molar-refractivity contribution < 1.29 is 14.3 Å². The van der Waals surface area contributed by atoms with E-state index in [0.29, 0.717) is 16.6 Å². The fraction of sp³-hybridized carbons (Fsp3) is 0.211. The third-order valence-electron chi connectivity index (χ3n) is 3.84. The Bertz CT molecular complexity index is 929. The molecule has 0 radical (unpaired) electrons. The van der Waals surface area contributed by atoms with E-state index in [2.05, 4.69) is 15.5 Å². The molecule has 1 heterocycles. The van der Waals surface area contributed by atoms with Crippen molar-refractivity contribution in [2.24, 2.45) is 0 Å². The Morgan fingerprint density at radius 3 is 2.56 bits per heavy atom. The first-order chi connectivity index (χ1) is 13.1. The number of hydrogen-bond donors (Lipinski definition) is 1. The number of methoxy groups -OCH3 is 2. The summed E-state index contributed by atoms with van der Waals surface area (Å²) in [5, 5.41) is 11.3. The molecule has 0 aliphatic rings. The van der Waals surface area contributed by atoms with Crippen LogP contribution in [0.3, 0.4) is 0 Å². The standard InChI is InChI=1S/C19H20N4O3S/c1-13(18(24)21-14-6-4-8-16(10-14)25-2)27-19-22-20-12-23(19)15-7-5-9-17(11-15)26-3/h4-13H,1-3H3,(H,21,24).